The van der Waals surface area contributed by atoms with Crippen molar-refractivity contribution < 1.29 is 13.2 Å². The smallest absolute Gasteiger partial charge is 0.384 e. The van der Waals surface area contributed by atoms with E-state index >= 15 is 0 Å². The molecule has 1 aromatic rings. The van der Waals surface area contributed by atoms with E-state index in [-0.39, 0.29) is 17.2 Å². The zero-order chi connectivity index (χ0) is 14.7. The van der Waals surface area contributed by atoms with Gasteiger partial charge in [0.2, 0.25) is 0 Å². The summed E-state index contributed by atoms with van der Waals surface area (Å²) in [5, 5.41) is 3.10. The molecule has 0 aliphatic carbocycles. The Morgan fingerprint density at radius 2 is 1.63 bits per heavy atom. The van der Waals surface area contributed by atoms with Crippen molar-refractivity contribution in [1.29, 1.82) is 0 Å². The third kappa shape index (κ3) is 3.75. The summed E-state index contributed by atoms with van der Waals surface area (Å²) in [5.74, 6) is 0.0485. The van der Waals surface area contributed by atoms with Crippen LogP contribution in [0.5, 0.6) is 0 Å². The fourth-order valence-electron chi connectivity index (χ4n) is 2.07. The highest BCUT2D eigenvalue weighted by atomic mass is 19.4. The number of nitrogens with one attached hydrogen (secondary N) is 1. The number of hydrogen-bond donors (Lipinski definition) is 2. The van der Waals surface area contributed by atoms with E-state index in [0.717, 1.165) is 31.4 Å². The largest absolute Gasteiger partial charge is 0.416 e. The van der Waals surface area contributed by atoms with Crippen molar-refractivity contribution in [3.63, 3.8) is 0 Å². The van der Waals surface area contributed by atoms with E-state index in [0.29, 0.717) is 0 Å². The quantitative estimate of drug-likeness (QED) is 0.851. The van der Waals surface area contributed by atoms with Gasteiger partial charge in [0.15, 0.2) is 0 Å². The van der Waals surface area contributed by atoms with Gasteiger partial charge in [-0.25, -0.2) is 4.98 Å². The molecule has 0 aromatic carbocycles. The summed E-state index contributed by atoms with van der Waals surface area (Å²) in [5.41, 5.74) is 4.42. The lowest BCUT2D eigenvalue weighted by Gasteiger charge is -2.32. The molecule has 3 N–H and O–H groups in total. The number of rotatable bonds is 5. The minimum atomic E-state index is -4.42. The van der Waals surface area contributed by atoms with Crippen LogP contribution in [0.25, 0.3) is 0 Å². The Morgan fingerprint density at radius 3 is 2.05 bits per heavy atom. The minimum absolute atomic E-state index is 0.130. The number of alkyl halides is 3. The number of aromatic nitrogens is 1. The summed E-state index contributed by atoms with van der Waals surface area (Å²) in [7, 11) is 0. The molecule has 1 rings (SSSR count). The Hall–Kier alpha value is -1.46. The lowest BCUT2D eigenvalue weighted by molar-refractivity contribution is -0.137. The fraction of sp³-hybridized carbons (Fsp3) is 0.615. The molecule has 3 nitrogen and oxygen atoms in total. The van der Waals surface area contributed by atoms with Gasteiger partial charge in [0.1, 0.15) is 11.6 Å². The van der Waals surface area contributed by atoms with Crippen molar-refractivity contribution in [1.82, 2.24) is 4.98 Å². The number of halogens is 3. The first-order valence-electron chi connectivity index (χ1n) is 6.39. The van der Waals surface area contributed by atoms with E-state index in [1.54, 1.807) is 0 Å². The van der Waals surface area contributed by atoms with Crippen LogP contribution in [0.1, 0.15) is 45.6 Å². The fourth-order valence-corrected chi connectivity index (χ4v) is 2.07. The Kier molecular flexibility index (Phi) is 4.66. The summed E-state index contributed by atoms with van der Waals surface area (Å²) in [6.07, 6.45) is -2.01. The van der Waals surface area contributed by atoms with E-state index in [4.69, 9.17) is 5.73 Å². The lowest BCUT2D eigenvalue weighted by Crippen LogP contribution is -2.36. The first-order valence-corrected chi connectivity index (χ1v) is 6.39. The predicted octanol–water partition coefficient (Wildman–Crippen LogP) is 4.06. The van der Waals surface area contributed by atoms with Gasteiger partial charge in [0.05, 0.1) is 5.56 Å². The number of pyridine rings is 1. The molecule has 0 bridgehead atoms. The van der Waals surface area contributed by atoms with Crippen molar-refractivity contribution in [2.75, 3.05) is 11.1 Å². The maximum Gasteiger partial charge on any atom is 0.416 e. The maximum absolute atomic E-state index is 12.7. The predicted molar refractivity (Wildman–Crippen MR) is 70.9 cm³/mol. The molecule has 0 saturated carbocycles. The molecule has 6 heteroatoms. The molecule has 0 radical (unpaired) electrons. The van der Waals surface area contributed by atoms with E-state index in [1.807, 2.05) is 20.8 Å². The maximum atomic E-state index is 12.7. The van der Waals surface area contributed by atoms with Gasteiger partial charge in [-0.3, -0.25) is 0 Å². The third-order valence-corrected chi connectivity index (χ3v) is 3.60. The SMILES string of the molecule is CCC(CC)(CC)Nc1cc(C(F)(F)F)cc(N)n1. The van der Waals surface area contributed by atoms with Crippen LogP contribution in [0.2, 0.25) is 0 Å². The number of nitrogen functional groups attached to an aromatic ring is 1. The Morgan fingerprint density at radius 1 is 1.11 bits per heavy atom. The molecule has 0 amide bonds. The molecule has 1 heterocycles. The highest BCUT2D eigenvalue weighted by Gasteiger charge is 2.32. The van der Waals surface area contributed by atoms with Crippen molar-refractivity contribution in [3.8, 4) is 0 Å². The average Bonchev–Trinajstić information content (AvgIpc) is 2.34. The van der Waals surface area contributed by atoms with Crippen LogP contribution in [0.4, 0.5) is 24.8 Å². The first-order chi connectivity index (χ1) is 8.76. The summed E-state index contributed by atoms with van der Waals surface area (Å²) in [6, 6.07) is 1.85. The highest BCUT2D eigenvalue weighted by molar-refractivity contribution is 5.48. The Balaban J connectivity index is 3.11. The van der Waals surface area contributed by atoms with Crippen LogP contribution < -0.4 is 11.1 Å². The monoisotopic (exact) mass is 275 g/mol. The molecule has 0 fully saturated rings. The van der Waals surface area contributed by atoms with Crippen LogP contribution in [-0.4, -0.2) is 10.5 Å². The van der Waals surface area contributed by atoms with Crippen LogP contribution in [0, 0.1) is 0 Å². The van der Waals surface area contributed by atoms with Gasteiger partial charge in [0.25, 0.3) is 0 Å². The molecule has 0 aliphatic heterocycles. The summed E-state index contributed by atoms with van der Waals surface area (Å²) >= 11 is 0. The van der Waals surface area contributed by atoms with Gasteiger partial charge in [0, 0.05) is 5.54 Å². The summed E-state index contributed by atoms with van der Waals surface area (Å²) in [6.45, 7) is 5.99. The summed E-state index contributed by atoms with van der Waals surface area (Å²) < 4.78 is 38.1. The highest BCUT2D eigenvalue weighted by Crippen LogP contribution is 2.33. The molecule has 1 aromatic heterocycles. The van der Waals surface area contributed by atoms with Crippen molar-refractivity contribution in [2.24, 2.45) is 0 Å². The Labute approximate surface area is 111 Å². The Bertz CT molecular complexity index is 417. The van der Waals surface area contributed by atoms with Crippen LogP contribution in [-0.2, 0) is 6.18 Å². The number of hydrogen-bond acceptors (Lipinski definition) is 3. The zero-order valence-corrected chi connectivity index (χ0v) is 11.4. The number of nitrogens with zero attached hydrogens (tertiary/aromatic N) is 1. The van der Waals surface area contributed by atoms with Gasteiger partial charge >= 0.3 is 6.18 Å². The average molecular weight is 275 g/mol. The van der Waals surface area contributed by atoms with E-state index in [1.165, 1.54) is 0 Å². The number of nitrogens with two attached hydrogens (primary N) is 1. The molecule has 0 atom stereocenters. The molecule has 0 aliphatic rings. The molecule has 19 heavy (non-hydrogen) atoms. The van der Waals surface area contributed by atoms with Gasteiger partial charge in [-0.15, -0.1) is 0 Å². The molecule has 108 valence electrons. The zero-order valence-electron chi connectivity index (χ0n) is 11.4. The molecule has 0 spiro atoms. The van der Waals surface area contributed by atoms with Gasteiger partial charge in [-0.2, -0.15) is 13.2 Å². The van der Waals surface area contributed by atoms with Crippen LogP contribution in [0.15, 0.2) is 12.1 Å². The van der Waals surface area contributed by atoms with Gasteiger partial charge in [-0.05, 0) is 31.4 Å². The topological polar surface area (TPSA) is 50.9 Å². The summed E-state index contributed by atoms with van der Waals surface area (Å²) in [4.78, 5) is 3.94. The van der Waals surface area contributed by atoms with Crippen molar-refractivity contribution >= 4 is 11.6 Å². The first kappa shape index (κ1) is 15.6. The van der Waals surface area contributed by atoms with Crippen LogP contribution >= 0.6 is 0 Å². The van der Waals surface area contributed by atoms with Crippen LogP contribution in [0.3, 0.4) is 0 Å². The van der Waals surface area contributed by atoms with Crippen molar-refractivity contribution in [3.05, 3.63) is 17.7 Å². The van der Waals surface area contributed by atoms with E-state index in [9.17, 15) is 13.2 Å². The number of anilines is 2. The van der Waals surface area contributed by atoms with Gasteiger partial charge < -0.3 is 11.1 Å². The molecular weight excluding hydrogens is 255 g/mol. The second-order valence-electron chi connectivity index (χ2n) is 4.63. The third-order valence-electron chi connectivity index (χ3n) is 3.60. The lowest BCUT2D eigenvalue weighted by atomic mass is 9.90. The second-order valence-corrected chi connectivity index (χ2v) is 4.63. The molecule has 0 unspecified atom stereocenters. The standard InChI is InChI=1S/C13H20F3N3/c1-4-12(5-2,6-3)19-11-8-9(13(14,15)16)7-10(17)18-11/h7-8H,4-6H2,1-3H3,(H3,17,18,19). The van der Waals surface area contributed by atoms with Crippen molar-refractivity contribution in [2.45, 2.75) is 51.7 Å². The minimum Gasteiger partial charge on any atom is -0.384 e. The van der Waals surface area contributed by atoms with E-state index < -0.39 is 11.7 Å². The molecule has 0 saturated heterocycles. The molecular formula is C13H20F3N3. The second kappa shape index (κ2) is 5.67. The van der Waals surface area contributed by atoms with Gasteiger partial charge in [-0.1, -0.05) is 20.8 Å². The normalized spacial score (nSPS) is 12.5. The van der Waals surface area contributed by atoms with E-state index in [2.05, 4.69) is 10.3 Å².